The summed E-state index contributed by atoms with van der Waals surface area (Å²) in [6.45, 7) is 4.73. The standard InChI is InChI=1S/C16H22N4O3S/c1-4-9-20-15(22)18-19-16(20)24-11(2)14(21)17-10-12-7-5-6-8-13(12)23-3/h5-8,11H,4,9-10H2,1-3H3,(H,17,21)(H,18,22)/t11-/m1/s1. The van der Waals surface area contributed by atoms with E-state index in [1.165, 1.54) is 11.8 Å². The molecule has 0 aliphatic rings. The van der Waals surface area contributed by atoms with Gasteiger partial charge in [0.2, 0.25) is 5.91 Å². The van der Waals surface area contributed by atoms with Crippen molar-refractivity contribution in [3.05, 3.63) is 40.3 Å². The Kier molecular flexibility index (Phi) is 6.48. The average molecular weight is 350 g/mol. The minimum Gasteiger partial charge on any atom is -0.496 e. The number of aromatic amines is 1. The Morgan fingerprint density at radius 3 is 2.92 bits per heavy atom. The van der Waals surface area contributed by atoms with E-state index in [2.05, 4.69) is 15.5 Å². The Bertz CT molecular complexity index is 741. The lowest BCUT2D eigenvalue weighted by Crippen LogP contribution is -2.31. The predicted octanol–water partition coefficient (Wildman–Crippen LogP) is 1.79. The van der Waals surface area contributed by atoms with Gasteiger partial charge in [-0.25, -0.2) is 9.89 Å². The van der Waals surface area contributed by atoms with Crippen LogP contribution in [0.15, 0.2) is 34.2 Å². The Morgan fingerprint density at radius 1 is 1.46 bits per heavy atom. The zero-order chi connectivity index (χ0) is 17.5. The van der Waals surface area contributed by atoms with E-state index in [0.717, 1.165) is 17.7 Å². The van der Waals surface area contributed by atoms with Crippen LogP contribution in [-0.2, 0) is 17.9 Å². The van der Waals surface area contributed by atoms with Crippen molar-refractivity contribution < 1.29 is 9.53 Å². The summed E-state index contributed by atoms with van der Waals surface area (Å²) in [5.74, 6) is 0.617. The summed E-state index contributed by atoms with van der Waals surface area (Å²) in [6.07, 6.45) is 0.821. The molecule has 2 N–H and O–H groups in total. The summed E-state index contributed by atoms with van der Waals surface area (Å²) >= 11 is 1.26. The molecule has 0 bridgehead atoms. The molecule has 1 heterocycles. The van der Waals surface area contributed by atoms with Crippen LogP contribution < -0.4 is 15.7 Å². The second-order valence-electron chi connectivity index (χ2n) is 5.25. The lowest BCUT2D eigenvalue weighted by atomic mass is 10.2. The number of rotatable bonds is 8. The molecule has 0 aliphatic carbocycles. The number of nitrogens with one attached hydrogen (secondary N) is 2. The van der Waals surface area contributed by atoms with Crippen LogP contribution in [0.25, 0.3) is 0 Å². The number of hydrogen-bond donors (Lipinski definition) is 2. The highest BCUT2D eigenvalue weighted by atomic mass is 32.2. The lowest BCUT2D eigenvalue weighted by molar-refractivity contribution is -0.120. The maximum atomic E-state index is 12.3. The smallest absolute Gasteiger partial charge is 0.343 e. The minimum atomic E-state index is -0.370. The number of hydrogen-bond acceptors (Lipinski definition) is 5. The first-order valence-electron chi connectivity index (χ1n) is 7.78. The van der Waals surface area contributed by atoms with Crippen molar-refractivity contribution in [2.75, 3.05) is 7.11 Å². The molecule has 7 nitrogen and oxygen atoms in total. The van der Waals surface area contributed by atoms with E-state index in [9.17, 15) is 9.59 Å². The van der Waals surface area contributed by atoms with Crippen molar-refractivity contribution in [2.45, 2.75) is 43.8 Å². The maximum Gasteiger partial charge on any atom is 0.343 e. The number of methoxy groups -OCH3 is 1. The van der Waals surface area contributed by atoms with Crippen LogP contribution in [0.2, 0.25) is 0 Å². The fourth-order valence-corrected chi connectivity index (χ4v) is 3.11. The van der Waals surface area contributed by atoms with Crippen LogP contribution in [0.3, 0.4) is 0 Å². The second kappa shape index (κ2) is 8.58. The van der Waals surface area contributed by atoms with Gasteiger partial charge in [-0.05, 0) is 19.4 Å². The molecule has 2 aromatic rings. The van der Waals surface area contributed by atoms with Crippen LogP contribution >= 0.6 is 11.8 Å². The topological polar surface area (TPSA) is 89.0 Å². The Hall–Kier alpha value is -2.22. The number of carbonyl (C=O) groups excluding carboxylic acids is 1. The number of amides is 1. The molecule has 0 saturated carbocycles. The number of benzene rings is 1. The molecule has 1 amide bonds. The molecule has 0 saturated heterocycles. The molecule has 0 spiro atoms. The van der Waals surface area contributed by atoms with Crippen LogP contribution in [-0.4, -0.2) is 33.0 Å². The van der Waals surface area contributed by atoms with Crippen LogP contribution in [0.4, 0.5) is 0 Å². The number of carbonyl (C=O) groups is 1. The summed E-state index contributed by atoms with van der Waals surface area (Å²) in [6, 6.07) is 7.54. The summed E-state index contributed by atoms with van der Waals surface area (Å²) in [5, 5.41) is 9.46. The van der Waals surface area contributed by atoms with Gasteiger partial charge in [-0.1, -0.05) is 36.9 Å². The van der Waals surface area contributed by atoms with Gasteiger partial charge < -0.3 is 10.1 Å². The molecule has 0 unspecified atom stereocenters. The van der Waals surface area contributed by atoms with Gasteiger partial charge in [0.25, 0.3) is 0 Å². The van der Waals surface area contributed by atoms with E-state index in [1.54, 1.807) is 18.6 Å². The number of aromatic nitrogens is 3. The summed E-state index contributed by atoms with van der Waals surface area (Å²) in [5.41, 5.74) is 0.661. The van der Waals surface area contributed by atoms with E-state index in [-0.39, 0.29) is 16.8 Å². The van der Waals surface area contributed by atoms with Gasteiger partial charge in [0, 0.05) is 18.7 Å². The van der Waals surface area contributed by atoms with Crippen molar-refractivity contribution in [1.82, 2.24) is 20.1 Å². The molecular formula is C16H22N4O3S. The first-order valence-corrected chi connectivity index (χ1v) is 8.66. The number of thioether (sulfide) groups is 1. The largest absolute Gasteiger partial charge is 0.496 e. The Labute approximate surface area is 144 Å². The molecular weight excluding hydrogens is 328 g/mol. The third kappa shape index (κ3) is 4.41. The first kappa shape index (κ1) is 18.1. The van der Waals surface area contributed by atoms with Gasteiger partial charge in [-0.3, -0.25) is 9.36 Å². The molecule has 8 heteroatoms. The number of ether oxygens (including phenoxy) is 1. The zero-order valence-electron chi connectivity index (χ0n) is 14.0. The predicted molar refractivity (Wildman–Crippen MR) is 93.3 cm³/mol. The fourth-order valence-electron chi connectivity index (χ4n) is 2.20. The minimum absolute atomic E-state index is 0.121. The SMILES string of the molecule is CCCn1c(S[C@H](C)C(=O)NCc2ccccc2OC)n[nH]c1=O. The van der Waals surface area contributed by atoms with E-state index in [4.69, 9.17) is 4.74 Å². The van der Waals surface area contributed by atoms with Gasteiger partial charge in [0.05, 0.1) is 12.4 Å². The summed E-state index contributed by atoms with van der Waals surface area (Å²) < 4.78 is 6.82. The van der Waals surface area contributed by atoms with Crippen molar-refractivity contribution in [2.24, 2.45) is 0 Å². The summed E-state index contributed by atoms with van der Waals surface area (Å²) in [4.78, 5) is 24.0. The maximum absolute atomic E-state index is 12.3. The van der Waals surface area contributed by atoms with Gasteiger partial charge in [-0.15, -0.1) is 5.10 Å². The molecule has 0 fully saturated rings. The van der Waals surface area contributed by atoms with Gasteiger partial charge in [0.15, 0.2) is 5.16 Å². The molecule has 0 aliphatic heterocycles. The molecule has 130 valence electrons. The van der Waals surface area contributed by atoms with E-state index < -0.39 is 0 Å². The molecule has 0 radical (unpaired) electrons. The average Bonchev–Trinajstić information content (AvgIpc) is 2.93. The molecule has 1 aromatic heterocycles. The summed E-state index contributed by atoms with van der Waals surface area (Å²) in [7, 11) is 1.60. The van der Waals surface area contributed by atoms with E-state index in [0.29, 0.717) is 18.2 Å². The third-order valence-corrected chi connectivity index (χ3v) is 4.56. The monoisotopic (exact) mass is 350 g/mol. The quantitative estimate of drug-likeness (QED) is 0.709. The Morgan fingerprint density at radius 2 is 2.21 bits per heavy atom. The van der Waals surface area contributed by atoms with Gasteiger partial charge >= 0.3 is 5.69 Å². The highest BCUT2D eigenvalue weighted by Crippen LogP contribution is 2.21. The number of nitrogens with zero attached hydrogens (tertiary/aromatic N) is 2. The van der Waals surface area contributed by atoms with Crippen LogP contribution in [0.5, 0.6) is 5.75 Å². The Balaban J connectivity index is 1.96. The van der Waals surface area contributed by atoms with E-state index in [1.807, 2.05) is 31.2 Å². The number of para-hydroxylation sites is 1. The van der Waals surface area contributed by atoms with Crippen LogP contribution in [0.1, 0.15) is 25.8 Å². The van der Waals surface area contributed by atoms with Crippen LogP contribution in [0, 0.1) is 0 Å². The lowest BCUT2D eigenvalue weighted by Gasteiger charge is -2.13. The highest BCUT2D eigenvalue weighted by Gasteiger charge is 2.19. The normalized spacial score (nSPS) is 12.0. The molecule has 1 atom stereocenters. The molecule has 2 rings (SSSR count). The van der Waals surface area contributed by atoms with Crippen molar-refractivity contribution in [3.63, 3.8) is 0 Å². The zero-order valence-corrected chi connectivity index (χ0v) is 14.9. The fraction of sp³-hybridized carbons (Fsp3) is 0.438. The highest BCUT2D eigenvalue weighted by molar-refractivity contribution is 8.00. The van der Waals surface area contributed by atoms with E-state index >= 15 is 0 Å². The third-order valence-electron chi connectivity index (χ3n) is 3.47. The van der Waals surface area contributed by atoms with Gasteiger partial charge in [0.1, 0.15) is 5.75 Å². The molecule has 1 aromatic carbocycles. The molecule has 24 heavy (non-hydrogen) atoms. The second-order valence-corrected chi connectivity index (χ2v) is 6.56. The number of H-pyrrole nitrogens is 1. The van der Waals surface area contributed by atoms with Crippen molar-refractivity contribution in [3.8, 4) is 5.75 Å². The van der Waals surface area contributed by atoms with Gasteiger partial charge in [-0.2, -0.15) is 0 Å². The van der Waals surface area contributed by atoms with Crippen molar-refractivity contribution >= 4 is 17.7 Å². The van der Waals surface area contributed by atoms with Crippen molar-refractivity contribution in [1.29, 1.82) is 0 Å². The first-order chi connectivity index (χ1) is 11.6.